The first-order chi connectivity index (χ1) is 12.2. The maximum absolute atomic E-state index is 13.9. The van der Waals surface area contributed by atoms with Crippen molar-refractivity contribution in [2.24, 2.45) is 9.98 Å². The van der Waals surface area contributed by atoms with Crippen LogP contribution in [0.4, 0.5) is 13.2 Å². The van der Waals surface area contributed by atoms with Crippen LogP contribution in [0.2, 0.25) is 5.02 Å². The van der Waals surface area contributed by atoms with Crippen molar-refractivity contribution in [2.45, 2.75) is 18.8 Å². The van der Waals surface area contributed by atoms with E-state index < -0.39 is 17.8 Å². The quantitative estimate of drug-likeness (QED) is 0.732. The number of carbonyl (C=O) groups excluding carboxylic acids is 1. The first-order valence-electron chi connectivity index (χ1n) is 7.44. The molecule has 1 aromatic carbocycles. The van der Waals surface area contributed by atoms with Gasteiger partial charge >= 0.3 is 17.8 Å². The summed E-state index contributed by atoms with van der Waals surface area (Å²) in [5.41, 5.74) is -2.40. The second-order valence-corrected chi connectivity index (χ2v) is 6.09. The van der Waals surface area contributed by atoms with Gasteiger partial charge < -0.3 is 4.74 Å². The molecule has 0 amide bonds. The van der Waals surface area contributed by atoms with E-state index in [1.807, 2.05) is 0 Å². The Kier molecular flexibility index (Phi) is 4.39. The summed E-state index contributed by atoms with van der Waals surface area (Å²) in [6.45, 7) is 1.70. The average molecular weight is 384 g/mol. The molecule has 9 heteroatoms. The van der Waals surface area contributed by atoms with E-state index in [-0.39, 0.29) is 11.7 Å². The molecule has 2 aliphatic heterocycles. The van der Waals surface area contributed by atoms with Gasteiger partial charge in [-0.1, -0.05) is 23.7 Å². The van der Waals surface area contributed by atoms with Crippen molar-refractivity contribution in [1.82, 2.24) is 4.90 Å². The Bertz CT molecular complexity index is 889. The third kappa shape index (κ3) is 2.90. The maximum atomic E-state index is 13.9. The predicted octanol–water partition coefficient (Wildman–Crippen LogP) is 3.71. The zero-order valence-corrected chi connectivity index (χ0v) is 14.5. The zero-order valence-electron chi connectivity index (χ0n) is 13.7. The minimum absolute atomic E-state index is 0.0716. The predicted molar refractivity (Wildman–Crippen MR) is 91.0 cm³/mol. The molecule has 0 aliphatic carbocycles. The number of hydrogen-bond donors (Lipinski definition) is 0. The van der Waals surface area contributed by atoms with Crippen molar-refractivity contribution in [1.29, 1.82) is 0 Å². The molecule has 136 valence electrons. The highest BCUT2D eigenvalue weighted by atomic mass is 35.5. The number of hydrogen-bond acceptors (Lipinski definition) is 5. The van der Waals surface area contributed by atoms with Gasteiger partial charge in [0.2, 0.25) is 0 Å². The number of benzene rings is 1. The van der Waals surface area contributed by atoms with Gasteiger partial charge in [-0.2, -0.15) is 13.2 Å². The Morgan fingerprint density at radius 3 is 2.65 bits per heavy atom. The molecule has 1 aromatic rings. The van der Waals surface area contributed by atoms with Crippen molar-refractivity contribution >= 4 is 29.2 Å². The van der Waals surface area contributed by atoms with E-state index in [2.05, 4.69) is 14.7 Å². The van der Waals surface area contributed by atoms with Gasteiger partial charge in [-0.3, -0.25) is 4.90 Å². The number of carbonyl (C=O) groups is 1. The second-order valence-electron chi connectivity index (χ2n) is 5.65. The van der Waals surface area contributed by atoms with Crippen molar-refractivity contribution < 1.29 is 22.7 Å². The van der Waals surface area contributed by atoms with Crippen LogP contribution < -0.4 is 0 Å². The Hall–Kier alpha value is -2.61. The van der Waals surface area contributed by atoms with Gasteiger partial charge in [-0.25, -0.2) is 14.8 Å². The highest BCUT2D eigenvalue weighted by Crippen LogP contribution is 2.40. The standard InChI is InChI=1S/C17H13ClF3N3O2/c1-10-6-7-24-13(8-10)22-16(15(25)26-2,17(19,20)21)23-14(24)11-4-3-5-12(18)9-11/h3-9H,1-2H3. The molecule has 2 heterocycles. The number of methoxy groups -OCH3 is 1. The maximum Gasteiger partial charge on any atom is 0.445 e. The number of fused-ring (bicyclic) bond motifs is 1. The van der Waals surface area contributed by atoms with E-state index in [9.17, 15) is 18.0 Å². The normalized spacial score (nSPS) is 22.2. The topological polar surface area (TPSA) is 54.3 Å². The summed E-state index contributed by atoms with van der Waals surface area (Å²) >= 11 is 5.97. The van der Waals surface area contributed by atoms with E-state index >= 15 is 0 Å². The molecule has 0 fully saturated rings. The number of esters is 1. The molecule has 5 nitrogen and oxygen atoms in total. The molecular weight excluding hydrogens is 371 g/mol. The molecule has 26 heavy (non-hydrogen) atoms. The fourth-order valence-corrected chi connectivity index (χ4v) is 2.75. The molecule has 0 spiro atoms. The molecule has 2 aliphatic rings. The summed E-state index contributed by atoms with van der Waals surface area (Å²) < 4.78 is 46.0. The molecule has 1 atom stereocenters. The molecule has 1 unspecified atom stereocenters. The van der Waals surface area contributed by atoms with Crippen LogP contribution in [0.15, 0.2) is 58.2 Å². The lowest BCUT2D eigenvalue weighted by atomic mass is 10.1. The van der Waals surface area contributed by atoms with Gasteiger partial charge in [0.05, 0.1) is 7.11 Å². The number of halogens is 4. The molecule has 0 radical (unpaired) electrons. The van der Waals surface area contributed by atoms with Crippen molar-refractivity contribution in [3.8, 4) is 0 Å². The zero-order chi connectivity index (χ0) is 19.1. The van der Waals surface area contributed by atoms with Gasteiger partial charge in [0.25, 0.3) is 0 Å². The monoisotopic (exact) mass is 383 g/mol. The fourth-order valence-electron chi connectivity index (χ4n) is 2.56. The second kappa shape index (κ2) is 6.28. The Balaban J connectivity index is 2.29. The van der Waals surface area contributed by atoms with E-state index in [1.165, 1.54) is 23.2 Å². The van der Waals surface area contributed by atoms with Gasteiger partial charge in [0, 0.05) is 16.8 Å². The van der Waals surface area contributed by atoms with E-state index in [0.29, 0.717) is 16.2 Å². The smallest absolute Gasteiger partial charge is 0.445 e. The number of ether oxygens (including phenoxy) is 1. The van der Waals surface area contributed by atoms with Crippen LogP contribution in [0, 0.1) is 0 Å². The van der Waals surface area contributed by atoms with Crippen LogP contribution in [0.5, 0.6) is 0 Å². The third-order valence-electron chi connectivity index (χ3n) is 3.81. The molecule has 0 aromatic heterocycles. The summed E-state index contributed by atoms with van der Waals surface area (Å²) in [5, 5.41) is 0.317. The summed E-state index contributed by atoms with van der Waals surface area (Å²) in [5.74, 6) is -1.80. The lowest BCUT2D eigenvalue weighted by molar-refractivity contribution is -0.202. The van der Waals surface area contributed by atoms with Crippen LogP contribution in [0.25, 0.3) is 0 Å². The van der Waals surface area contributed by atoms with Crippen molar-refractivity contribution in [3.63, 3.8) is 0 Å². The summed E-state index contributed by atoms with van der Waals surface area (Å²) in [6, 6.07) is 6.16. The van der Waals surface area contributed by atoms with Crippen LogP contribution >= 0.6 is 11.6 Å². The number of nitrogens with zero attached hydrogens (tertiary/aromatic N) is 3. The van der Waals surface area contributed by atoms with Crippen LogP contribution in [0.3, 0.4) is 0 Å². The number of allylic oxidation sites excluding steroid dienone is 2. The fraction of sp³-hybridized carbons (Fsp3) is 0.235. The molecular formula is C17H13ClF3N3O2. The number of alkyl halides is 3. The summed E-state index contributed by atoms with van der Waals surface area (Å²) in [7, 11) is 0.860. The van der Waals surface area contributed by atoms with Gasteiger partial charge in [-0.05, 0) is 36.8 Å². The van der Waals surface area contributed by atoms with Crippen LogP contribution in [0.1, 0.15) is 12.5 Å². The van der Waals surface area contributed by atoms with E-state index in [4.69, 9.17) is 11.6 Å². The summed E-state index contributed by atoms with van der Waals surface area (Å²) in [6.07, 6.45) is -0.433. The third-order valence-corrected chi connectivity index (χ3v) is 4.05. The first kappa shape index (κ1) is 18.2. The minimum Gasteiger partial charge on any atom is -0.465 e. The summed E-state index contributed by atoms with van der Waals surface area (Å²) in [4.78, 5) is 20.8. The largest absolute Gasteiger partial charge is 0.465 e. The lowest BCUT2D eigenvalue weighted by Gasteiger charge is -2.36. The minimum atomic E-state index is -5.09. The van der Waals surface area contributed by atoms with Crippen LogP contribution in [-0.4, -0.2) is 41.5 Å². The Labute approximate surface area is 152 Å². The Morgan fingerprint density at radius 2 is 2.04 bits per heavy atom. The Morgan fingerprint density at radius 1 is 1.31 bits per heavy atom. The average Bonchev–Trinajstić information content (AvgIpc) is 2.58. The molecule has 0 N–H and O–H groups in total. The first-order valence-corrected chi connectivity index (χ1v) is 7.82. The molecule has 0 bridgehead atoms. The van der Waals surface area contributed by atoms with Gasteiger partial charge in [0.1, 0.15) is 11.7 Å². The highest BCUT2D eigenvalue weighted by molar-refractivity contribution is 6.31. The molecule has 0 saturated heterocycles. The van der Waals surface area contributed by atoms with E-state index in [1.54, 1.807) is 31.2 Å². The lowest BCUT2D eigenvalue weighted by Crippen LogP contribution is -2.55. The molecule has 3 rings (SSSR count). The highest BCUT2D eigenvalue weighted by Gasteiger charge is 2.64. The van der Waals surface area contributed by atoms with Crippen molar-refractivity contribution in [3.05, 3.63) is 58.8 Å². The van der Waals surface area contributed by atoms with E-state index in [0.717, 1.165) is 7.11 Å². The van der Waals surface area contributed by atoms with Gasteiger partial charge in [-0.15, -0.1) is 0 Å². The SMILES string of the molecule is COC(=O)C1(C(F)(F)F)N=C2C=C(C)C=CN2C(c2cccc(Cl)c2)=N1. The van der Waals surface area contributed by atoms with Crippen molar-refractivity contribution in [2.75, 3.05) is 7.11 Å². The number of aliphatic imine (C=N–C) groups is 2. The van der Waals surface area contributed by atoms with Gasteiger partial charge in [0.15, 0.2) is 0 Å². The number of amidine groups is 2. The van der Waals surface area contributed by atoms with Crippen LogP contribution in [-0.2, 0) is 9.53 Å². The number of rotatable bonds is 2. The molecule has 0 saturated carbocycles.